The van der Waals surface area contributed by atoms with E-state index in [0.717, 1.165) is 19.5 Å². The molecule has 0 spiro atoms. The number of amides is 1. The first-order chi connectivity index (χ1) is 18.7. The number of ether oxygens (including phenoxy) is 2. The third-order valence-electron chi connectivity index (χ3n) is 7.76. The SMILES string of the molecule is CC(O)CN1CC[C@@H](Oc2ccc3c(c2)O[C@H](C)CN(CC(O)CN2CCc4ccccc4C2)C3=O)[C@H](F)C1.Cl.Cl. The van der Waals surface area contributed by atoms with Crippen LogP contribution in [0.4, 0.5) is 4.39 Å². The van der Waals surface area contributed by atoms with Crippen LogP contribution in [0.15, 0.2) is 42.5 Å². The summed E-state index contributed by atoms with van der Waals surface area (Å²) in [5.41, 5.74) is 3.07. The number of carbonyl (C=O) groups is 1. The Bertz CT molecular complexity index is 1160. The molecule has 2 aromatic rings. The van der Waals surface area contributed by atoms with Gasteiger partial charge >= 0.3 is 0 Å². The van der Waals surface area contributed by atoms with Crippen LogP contribution in [-0.4, -0.2) is 107 Å². The van der Waals surface area contributed by atoms with Gasteiger partial charge in [0.15, 0.2) is 0 Å². The predicted octanol–water partition coefficient (Wildman–Crippen LogP) is 3.34. The van der Waals surface area contributed by atoms with E-state index in [2.05, 4.69) is 23.1 Å². The summed E-state index contributed by atoms with van der Waals surface area (Å²) in [4.78, 5) is 19.2. The Morgan fingerprint density at radius 3 is 2.51 bits per heavy atom. The summed E-state index contributed by atoms with van der Waals surface area (Å²) in [7, 11) is 0. The molecule has 3 heterocycles. The number of benzene rings is 2. The summed E-state index contributed by atoms with van der Waals surface area (Å²) in [6, 6.07) is 13.4. The Hall–Kier alpha value is -2.14. The van der Waals surface area contributed by atoms with Crippen molar-refractivity contribution in [2.45, 2.75) is 63.8 Å². The molecule has 11 heteroatoms. The molecule has 8 nitrogen and oxygen atoms in total. The van der Waals surface area contributed by atoms with E-state index >= 15 is 0 Å². The highest BCUT2D eigenvalue weighted by molar-refractivity contribution is 5.97. The number of hydrogen-bond acceptors (Lipinski definition) is 7. The van der Waals surface area contributed by atoms with E-state index in [1.165, 1.54) is 11.1 Å². The van der Waals surface area contributed by atoms with Gasteiger partial charge in [-0.05, 0) is 49.9 Å². The molecule has 3 aliphatic rings. The topological polar surface area (TPSA) is 85.7 Å². The number of alkyl halides is 1. The van der Waals surface area contributed by atoms with E-state index in [0.29, 0.717) is 49.7 Å². The fourth-order valence-corrected chi connectivity index (χ4v) is 5.94. The zero-order valence-corrected chi connectivity index (χ0v) is 25.3. The van der Waals surface area contributed by atoms with E-state index in [1.54, 1.807) is 30.0 Å². The highest BCUT2D eigenvalue weighted by Gasteiger charge is 2.33. The molecule has 2 N–H and O–H groups in total. The number of nitrogens with zero attached hydrogens (tertiary/aromatic N) is 3. The minimum Gasteiger partial charge on any atom is -0.488 e. The van der Waals surface area contributed by atoms with Crippen LogP contribution in [0.25, 0.3) is 0 Å². The van der Waals surface area contributed by atoms with E-state index < -0.39 is 24.5 Å². The number of β-amino-alcohol motifs (C(OH)–C–C–N with tert-alkyl or cyclic N) is 2. The molecular weight excluding hydrogens is 572 g/mol. The monoisotopic (exact) mass is 613 g/mol. The standard InChI is InChI=1S/C30H40FN3O5.2ClH/c1-20(35)14-32-12-10-28(27(31)19-32)39-25-7-8-26-29(13-25)38-21(2)15-34(30(26)37)18-24(36)17-33-11-9-22-5-3-4-6-23(22)16-33;;/h3-8,13,20-21,24,27-28,35-36H,9-12,14-19H2,1-2H3;2*1H/t20?,21-,24?,27-,28-;;/m1../s1. The van der Waals surface area contributed by atoms with Crippen LogP contribution in [-0.2, 0) is 13.0 Å². The van der Waals surface area contributed by atoms with Crippen molar-refractivity contribution >= 4 is 30.7 Å². The Morgan fingerprint density at radius 1 is 1.02 bits per heavy atom. The number of fused-ring (bicyclic) bond motifs is 2. The minimum absolute atomic E-state index is 0. The van der Waals surface area contributed by atoms with Gasteiger partial charge in [-0.25, -0.2) is 4.39 Å². The van der Waals surface area contributed by atoms with Crippen molar-refractivity contribution in [3.8, 4) is 11.5 Å². The molecular formula is C30H42Cl2FN3O5. The van der Waals surface area contributed by atoms with Crippen LogP contribution in [0.5, 0.6) is 11.5 Å². The summed E-state index contributed by atoms with van der Waals surface area (Å²) in [5.74, 6) is 0.680. The normalized spacial score (nSPS) is 24.5. The molecule has 1 fully saturated rings. The molecule has 41 heavy (non-hydrogen) atoms. The molecule has 2 unspecified atom stereocenters. The van der Waals surface area contributed by atoms with Crippen molar-refractivity contribution in [2.75, 3.05) is 45.8 Å². The van der Waals surface area contributed by atoms with Crippen LogP contribution < -0.4 is 9.47 Å². The zero-order chi connectivity index (χ0) is 27.5. The van der Waals surface area contributed by atoms with Crippen molar-refractivity contribution in [3.63, 3.8) is 0 Å². The zero-order valence-electron chi connectivity index (χ0n) is 23.7. The fourth-order valence-electron chi connectivity index (χ4n) is 5.94. The van der Waals surface area contributed by atoms with Crippen molar-refractivity contribution in [1.82, 2.24) is 14.7 Å². The lowest BCUT2D eigenvalue weighted by atomic mass is 10.00. The number of aliphatic hydroxyl groups excluding tert-OH is 2. The first-order valence-electron chi connectivity index (χ1n) is 14.0. The maximum absolute atomic E-state index is 14.8. The second-order valence-corrected chi connectivity index (χ2v) is 11.3. The molecule has 5 rings (SSSR count). The summed E-state index contributed by atoms with van der Waals surface area (Å²) < 4.78 is 26.9. The predicted molar refractivity (Wildman–Crippen MR) is 160 cm³/mol. The Balaban J connectivity index is 0.00000231. The second-order valence-electron chi connectivity index (χ2n) is 11.3. The lowest BCUT2D eigenvalue weighted by Gasteiger charge is -2.35. The van der Waals surface area contributed by atoms with E-state index in [1.807, 2.05) is 17.9 Å². The molecule has 1 amide bonds. The molecule has 3 aliphatic heterocycles. The van der Waals surface area contributed by atoms with Gasteiger partial charge in [-0.1, -0.05) is 24.3 Å². The highest BCUT2D eigenvalue weighted by Crippen LogP contribution is 2.31. The number of hydrogen-bond donors (Lipinski definition) is 2. The molecule has 228 valence electrons. The largest absolute Gasteiger partial charge is 0.488 e. The van der Waals surface area contributed by atoms with Gasteiger partial charge in [0.1, 0.15) is 29.9 Å². The highest BCUT2D eigenvalue weighted by atomic mass is 35.5. The van der Waals surface area contributed by atoms with E-state index in [9.17, 15) is 19.4 Å². The van der Waals surface area contributed by atoms with Crippen molar-refractivity contribution in [2.24, 2.45) is 0 Å². The van der Waals surface area contributed by atoms with Crippen LogP contribution in [0.2, 0.25) is 0 Å². The van der Waals surface area contributed by atoms with Gasteiger partial charge in [-0.3, -0.25) is 14.6 Å². The lowest BCUT2D eigenvalue weighted by Crippen LogP contribution is -2.48. The molecule has 0 aliphatic carbocycles. The average molecular weight is 615 g/mol. The van der Waals surface area contributed by atoms with Crippen molar-refractivity contribution < 1.29 is 28.9 Å². The summed E-state index contributed by atoms with van der Waals surface area (Å²) in [5, 5.41) is 20.5. The number of halogens is 3. The van der Waals surface area contributed by atoms with Gasteiger partial charge in [0.05, 0.1) is 24.3 Å². The Kier molecular flexibility index (Phi) is 12.1. The van der Waals surface area contributed by atoms with Gasteiger partial charge in [0.25, 0.3) is 5.91 Å². The fraction of sp³-hybridized carbons (Fsp3) is 0.567. The molecule has 2 aromatic carbocycles. The number of rotatable bonds is 8. The van der Waals surface area contributed by atoms with Crippen LogP contribution >= 0.6 is 24.8 Å². The maximum Gasteiger partial charge on any atom is 0.257 e. The number of aliphatic hydroxyl groups is 2. The van der Waals surface area contributed by atoms with E-state index in [4.69, 9.17) is 9.47 Å². The smallest absolute Gasteiger partial charge is 0.257 e. The summed E-state index contributed by atoms with van der Waals surface area (Å²) >= 11 is 0. The molecule has 0 radical (unpaired) electrons. The maximum atomic E-state index is 14.8. The Morgan fingerprint density at radius 2 is 1.78 bits per heavy atom. The first kappa shape index (κ1) is 33.4. The van der Waals surface area contributed by atoms with Crippen LogP contribution in [0, 0.1) is 0 Å². The van der Waals surface area contributed by atoms with Gasteiger partial charge in [-0.2, -0.15) is 0 Å². The van der Waals surface area contributed by atoms with Crippen molar-refractivity contribution in [3.05, 3.63) is 59.2 Å². The first-order valence-corrected chi connectivity index (χ1v) is 14.0. The third-order valence-corrected chi connectivity index (χ3v) is 7.76. The molecule has 0 aromatic heterocycles. The quantitative estimate of drug-likeness (QED) is 0.472. The van der Waals surface area contributed by atoms with Gasteiger partial charge in [0.2, 0.25) is 0 Å². The van der Waals surface area contributed by atoms with Crippen LogP contribution in [0.1, 0.15) is 41.8 Å². The summed E-state index contributed by atoms with van der Waals surface area (Å²) in [6.45, 7) is 7.65. The lowest BCUT2D eigenvalue weighted by molar-refractivity contribution is 0.00720. The van der Waals surface area contributed by atoms with Crippen molar-refractivity contribution in [1.29, 1.82) is 0 Å². The Labute approximate surface area is 254 Å². The van der Waals surface area contributed by atoms with Gasteiger partial charge in [-0.15, -0.1) is 24.8 Å². The minimum atomic E-state index is -1.18. The second kappa shape index (κ2) is 14.8. The van der Waals surface area contributed by atoms with Crippen LogP contribution in [0.3, 0.4) is 0 Å². The van der Waals surface area contributed by atoms with Gasteiger partial charge in [0, 0.05) is 51.9 Å². The molecule has 0 saturated carbocycles. The molecule has 1 saturated heterocycles. The van der Waals surface area contributed by atoms with E-state index in [-0.39, 0.29) is 49.9 Å². The number of likely N-dealkylation sites (tertiary alicyclic amines) is 1. The van der Waals surface area contributed by atoms with Gasteiger partial charge < -0.3 is 24.6 Å². The molecule has 5 atom stereocenters. The third kappa shape index (κ3) is 8.46. The molecule has 0 bridgehead atoms. The average Bonchev–Trinajstić information content (AvgIpc) is 3.00. The number of piperidine rings is 1. The summed E-state index contributed by atoms with van der Waals surface area (Å²) in [6.07, 6.45) is -1.77. The number of carbonyl (C=O) groups excluding carboxylic acids is 1.